The zero-order valence-electron chi connectivity index (χ0n) is 18.7. The van der Waals surface area contributed by atoms with E-state index >= 15 is 0 Å². The first kappa shape index (κ1) is 22.8. The average molecular weight is 486 g/mol. The Morgan fingerprint density at radius 1 is 1.12 bits per heavy atom. The van der Waals surface area contributed by atoms with Crippen LogP contribution in [0.4, 0.5) is 5.69 Å². The van der Waals surface area contributed by atoms with E-state index < -0.39 is 15.9 Å². The van der Waals surface area contributed by atoms with Crippen LogP contribution < -0.4 is 15.0 Å². The summed E-state index contributed by atoms with van der Waals surface area (Å²) in [5.41, 5.74) is 2.62. The topological polar surface area (TPSA) is 105 Å². The SMILES string of the molecule is O=C(CN1C(=O)COc2ccc(S(=O)(=O)N3CCOCC3)cc21)N[C@@H]1CCCc2ccccc21. The van der Waals surface area contributed by atoms with Crippen molar-refractivity contribution in [1.29, 1.82) is 0 Å². The Labute approximate surface area is 198 Å². The molecule has 0 aromatic heterocycles. The summed E-state index contributed by atoms with van der Waals surface area (Å²) < 4.78 is 38.3. The van der Waals surface area contributed by atoms with Gasteiger partial charge < -0.3 is 14.8 Å². The maximum Gasteiger partial charge on any atom is 0.265 e. The number of carbonyl (C=O) groups excluding carboxylic acids is 2. The standard InChI is InChI=1S/C24H27N3O6S/c28-23(25-20-7-3-5-17-4-1-2-6-19(17)20)15-27-21-14-18(8-9-22(21)33-16-24(27)29)34(30,31)26-10-12-32-13-11-26/h1-2,4,6,8-9,14,20H,3,5,7,10-13,15-16H2,(H,25,28)/t20-/m1/s1. The number of fused-ring (bicyclic) bond motifs is 2. The molecule has 9 nitrogen and oxygen atoms in total. The Kier molecular flexibility index (Phi) is 6.28. The highest BCUT2D eigenvalue weighted by atomic mass is 32.2. The van der Waals surface area contributed by atoms with E-state index in [1.807, 2.05) is 18.2 Å². The minimum absolute atomic E-state index is 0.0538. The maximum atomic E-state index is 13.1. The number of rotatable bonds is 5. The molecule has 1 aliphatic carbocycles. The molecule has 2 aliphatic heterocycles. The lowest BCUT2D eigenvalue weighted by Crippen LogP contribution is -2.46. The van der Waals surface area contributed by atoms with Crippen molar-refractivity contribution in [3.8, 4) is 5.75 Å². The van der Waals surface area contributed by atoms with E-state index in [0.717, 1.165) is 24.8 Å². The first-order valence-electron chi connectivity index (χ1n) is 11.5. The molecule has 3 aliphatic rings. The molecule has 0 spiro atoms. The van der Waals surface area contributed by atoms with Gasteiger partial charge in [-0.3, -0.25) is 14.5 Å². The summed E-state index contributed by atoms with van der Waals surface area (Å²) >= 11 is 0. The highest BCUT2D eigenvalue weighted by Gasteiger charge is 2.32. The van der Waals surface area contributed by atoms with Crippen LogP contribution in [0.2, 0.25) is 0 Å². The summed E-state index contributed by atoms with van der Waals surface area (Å²) in [5, 5.41) is 3.06. The Balaban J connectivity index is 1.37. The van der Waals surface area contributed by atoms with Crippen molar-refractivity contribution >= 4 is 27.5 Å². The lowest BCUT2D eigenvalue weighted by Gasteiger charge is -2.31. The smallest absolute Gasteiger partial charge is 0.265 e. The van der Waals surface area contributed by atoms with Crippen molar-refractivity contribution in [2.24, 2.45) is 0 Å². The predicted octanol–water partition coefficient (Wildman–Crippen LogP) is 1.63. The summed E-state index contributed by atoms with van der Waals surface area (Å²) in [7, 11) is -3.76. The number of nitrogens with zero attached hydrogens (tertiary/aromatic N) is 2. The van der Waals surface area contributed by atoms with E-state index in [0.29, 0.717) is 19.0 Å². The Bertz CT molecular complexity index is 1210. The molecule has 1 atom stereocenters. The van der Waals surface area contributed by atoms with Gasteiger partial charge in [-0.25, -0.2) is 8.42 Å². The first-order chi connectivity index (χ1) is 16.4. The summed E-state index contributed by atoms with van der Waals surface area (Å²) in [6.45, 7) is 0.787. The fraction of sp³-hybridized carbons (Fsp3) is 0.417. The van der Waals surface area contributed by atoms with Gasteiger partial charge in [-0.15, -0.1) is 0 Å². The summed E-state index contributed by atoms with van der Waals surface area (Å²) in [4.78, 5) is 27.0. The van der Waals surface area contributed by atoms with Crippen LogP contribution in [0.5, 0.6) is 5.75 Å². The van der Waals surface area contributed by atoms with Gasteiger partial charge in [-0.2, -0.15) is 4.31 Å². The highest BCUT2D eigenvalue weighted by molar-refractivity contribution is 7.89. The van der Waals surface area contributed by atoms with Crippen LogP contribution in [0.25, 0.3) is 0 Å². The fourth-order valence-electron chi connectivity index (χ4n) is 4.74. The molecule has 1 saturated heterocycles. The number of sulfonamides is 1. The third-order valence-corrected chi connectivity index (χ3v) is 8.38. The van der Waals surface area contributed by atoms with Gasteiger partial charge >= 0.3 is 0 Å². The number of nitrogens with one attached hydrogen (secondary N) is 1. The van der Waals surface area contributed by atoms with Gasteiger partial charge in [0.2, 0.25) is 15.9 Å². The number of hydrogen-bond acceptors (Lipinski definition) is 6. The minimum atomic E-state index is -3.76. The van der Waals surface area contributed by atoms with E-state index in [4.69, 9.17) is 9.47 Å². The molecule has 0 saturated carbocycles. The van der Waals surface area contributed by atoms with Gasteiger partial charge in [0.1, 0.15) is 12.3 Å². The van der Waals surface area contributed by atoms with E-state index in [-0.39, 0.29) is 48.8 Å². The van der Waals surface area contributed by atoms with E-state index in [1.54, 1.807) is 0 Å². The van der Waals surface area contributed by atoms with Crippen LogP contribution >= 0.6 is 0 Å². The molecule has 2 heterocycles. The number of carbonyl (C=O) groups is 2. The maximum absolute atomic E-state index is 13.1. The number of amides is 2. The highest BCUT2D eigenvalue weighted by Crippen LogP contribution is 2.35. The van der Waals surface area contributed by atoms with Gasteiger partial charge in [0, 0.05) is 13.1 Å². The molecule has 2 aromatic rings. The molecule has 34 heavy (non-hydrogen) atoms. The molecule has 1 N–H and O–H groups in total. The number of aryl methyl sites for hydroxylation is 1. The quantitative estimate of drug-likeness (QED) is 0.690. The third-order valence-electron chi connectivity index (χ3n) is 6.49. The Hall–Kier alpha value is -2.95. The molecule has 0 unspecified atom stereocenters. The van der Waals surface area contributed by atoms with Crippen LogP contribution in [0, 0.1) is 0 Å². The zero-order chi connectivity index (χ0) is 23.7. The molecule has 0 bridgehead atoms. The first-order valence-corrected chi connectivity index (χ1v) is 12.9. The molecule has 0 radical (unpaired) electrons. The van der Waals surface area contributed by atoms with Crippen molar-refractivity contribution in [2.75, 3.05) is 44.4 Å². The summed E-state index contributed by atoms with van der Waals surface area (Å²) in [5.74, 6) is -0.326. The normalized spacial score (nSPS) is 20.8. The van der Waals surface area contributed by atoms with Crippen LogP contribution in [0.1, 0.15) is 30.0 Å². The molecule has 2 amide bonds. The van der Waals surface area contributed by atoms with Crippen molar-refractivity contribution in [3.05, 3.63) is 53.6 Å². The molecule has 5 rings (SSSR count). The van der Waals surface area contributed by atoms with Crippen molar-refractivity contribution in [3.63, 3.8) is 0 Å². The molecule has 10 heteroatoms. The lowest BCUT2D eigenvalue weighted by molar-refractivity contribution is -0.125. The largest absolute Gasteiger partial charge is 0.482 e. The van der Waals surface area contributed by atoms with Crippen molar-refractivity contribution < 1.29 is 27.5 Å². The van der Waals surface area contributed by atoms with E-state index in [1.165, 1.54) is 33.0 Å². The van der Waals surface area contributed by atoms with Gasteiger partial charge in [0.15, 0.2) is 6.61 Å². The minimum Gasteiger partial charge on any atom is -0.482 e. The van der Waals surface area contributed by atoms with Gasteiger partial charge in [-0.1, -0.05) is 24.3 Å². The number of morpholine rings is 1. The number of anilines is 1. The molecule has 1 fully saturated rings. The Morgan fingerprint density at radius 2 is 1.91 bits per heavy atom. The molecule has 2 aromatic carbocycles. The number of benzene rings is 2. The third kappa shape index (κ3) is 4.40. The summed E-state index contributed by atoms with van der Waals surface area (Å²) in [6, 6.07) is 12.4. The molecular formula is C24H27N3O6S. The van der Waals surface area contributed by atoms with E-state index in [2.05, 4.69) is 11.4 Å². The van der Waals surface area contributed by atoms with Crippen LogP contribution in [-0.4, -0.2) is 64.0 Å². The van der Waals surface area contributed by atoms with Crippen LogP contribution in [0.15, 0.2) is 47.4 Å². The number of hydrogen-bond donors (Lipinski definition) is 1. The van der Waals surface area contributed by atoms with Crippen LogP contribution in [0.3, 0.4) is 0 Å². The van der Waals surface area contributed by atoms with Gasteiger partial charge in [0.05, 0.1) is 29.8 Å². The summed E-state index contributed by atoms with van der Waals surface area (Å²) in [6.07, 6.45) is 2.79. The second-order valence-corrected chi connectivity index (χ2v) is 10.6. The average Bonchev–Trinajstić information content (AvgIpc) is 2.86. The second kappa shape index (κ2) is 9.36. The Morgan fingerprint density at radius 3 is 2.74 bits per heavy atom. The monoisotopic (exact) mass is 485 g/mol. The van der Waals surface area contributed by atoms with Crippen molar-refractivity contribution in [2.45, 2.75) is 30.2 Å². The van der Waals surface area contributed by atoms with Gasteiger partial charge in [0.25, 0.3) is 5.91 Å². The molecular weight excluding hydrogens is 458 g/mol. The predicted molar refractivity (Wildman–Crippen MR) is 124 cm³/mol. The second-order valence-electron chi connectivity index (χ2n) is 8.63. The zero-order valence-corrected chi connectivity index (χ0v) is 19.6. The molecule has 180 valence electrons. The fourth-order valence-corrected chi connectivity index (χ4v) is 6.17. The van der Waals surface area contributed by atoms with E-state index in [9.17, 15) is 18.0 Å². The van der Waals surface area contributed by atoms with Gasteiger partial charge in [-0.05, 0) is 48.6 Å². The van der Waals surface area contributed by atoms with Crippen molar-refractivity contribution in [1.82, 2.24) is 9.62 Å². The van der Waals surface area contributed by atoms with Crippen LogP contribution in [-0.2, 0) is 30.8 Å². The lowest BCUT2D eigenvalue weighted by atomic mass is 9.88. The number of ether oxygens (including phenoxy) is 2.